The van der Waals surface area contributed by atoms with Crippen LogP contribution >= 0.6 is 0 Å². The fourth-order valence-electron chi connectivity index (χ4n) is 5.45. The molecule has 0 bridgehead atoms. The molecule has 0 unspecified atom stereocenters. The number of esters is 1. The quantitative estimate of drug-likeness (QED) is 0.391. The molecule has 0 saturated carbocycles. The molecular formula is C31H44FN5O6. The molecule has 0 radical (unpaired) electrons. The number of hydrogen-bond acceptors (Lipinski definition) is 9. The summed E-state index contributed by atoms with van der Waals surface area (Å²) in [5.74, 6) is -1.41. The number of amides is 1. The average Bonchev–Trinajstić information content (AvgIpc) is 3.38. The molecule has 1 amide bonds. The van der Waals surface area contributed by atoms with Crippen LogP contribution < -0.4 is 0 Å². The van der Waals surface area contributed by atoms with Gasteiger partial charge in [0.1, 0.15) is 17.7 Å². The number of aliphatic hydroxyl groups excluding tert-OH is 1. The third-order valence-corrected chi connectivity index (χ3v) is 8.20. The zero-order valence-corrected chi connectivity index (χ0v) is 25.7. The molecule has 2 aliphatic heterocycles. The number of methoxy groups -OCH3 is 1. The maximum absolute atomic E-state index is 14.9. The number of carbonyl (C=O) groups is 2. The molecule has 43 heavy (non-hydrogen) atoms. The van der Waals surface area contributed by atoms with Gasteiger partial charge in [-0.05, 0) is 62.1 Å². The monoisotopic (exact) mass is 601 g/mol. The van der Waals surface area contributed by atoms with Gasteiger partial charge < -0.3 is 29.1 Å². The summed E-state index contributed by atoms with van der Waals surface area (Å²) in [6.07, 6.45) is 3.86. The van der Waals surface area contributed by atoms with Crippen LogP contribution in [0.25, 0.3) is 17.1 Å². The van der Waals surface area contributed by atoms with E-state index in [1.165, 1.54) is 6.07 Å². The molecule has 1 aromatic carbocycles. The molecule has 1 fully saturated rings. The number of piperazine rings is 1. The molecule has 236 valence electrons. The maximum atomic E-state index is 14.9. The predicted molar refractivity (Wildman–Crippen MR) is 160 cm³/mol. The van der Waals surface area contributed by atoms with E-state index in [-0.39, 0.29) is 29.9 Å². The second kappa shape index (κ2) is 14.9. The van der Waals surface area contributed by atoms with Crippen molar-refractivity contribution < 1.29 is 33.3 Å². The van der Waals surface area contributed by atoms with Gasteiger partial charge in [-0.3, -0.25) is 4.79 Å². The predicted octanol–water partition coefficient (Wildman–Crippen LogP) is 3.66. The Morgan fingerprint density at radius 3 is 2.65 bits per heavy atom. The molecule has 3 heterocycles. The SMILES string of the molecule is COCCn1nnc2c(F)cc(/C=C(\C)[C@H]3OC(=O)C[C@@H](O)CC[C@@H](C)[C@H](OC(=O)N4CCN(C)CC4)/C=C/[C@@H]3C)cc21. The summed E-state index contributed by atoms with van der Waals surface area (Å²) in [5, 5.41) is 18.6. The van der Waals surface area contributed by atoms with Gasteiger partial charge in [-0.2, -0.15) is 0 Å². The number of halogens is 1. The first-order chi connectivity index (χ1) is 20.5. The number of hydrogen-bond donors (Lipinski definition) is 1. The molecular weight excluding hydrogens is 557 g/mol. The van der Waals surface area contributed by atoms with Gasteiger partial charge >= 0.3 is 12.1 Å². The lowest BCUT2D eigenvalue weighted by atomic mass is 9.91. The number of cyclic esters (lactones) is 1. The molecule has 5 atom stereocenters. The topological polar surface area (TPSA) is 119 Å². The van der Waals surface area contributed by atoms with Crippen molar-refractivity contribution in [1.29, 1.82) is 0 Å². The number of likely N-dealkylation sites (N-methyl/N-ethyl adjacent to an activating group) is 1. The third-order valence-electron chi connectivity index (χ3n) is 8.20. The Labute approximate surface area is 252 Å². The van der Waals surface area contributed by atoms with Gasteiger partial charge in [-0.1, -0.05) is 31.2 Å². The lowest BCUT2D eigenvalue weighted by molar-refractivity contribution is -0.151. The first-order valence-electron chi connectivity index (χ1n) is 15.0. The van der Waals surface area contributed by atoms with Crippen LogP contribution in [0.15, 0.2) is 29.9 Å². The second-order valence-corrected chi connectivity index (χ2v) is 11.8. The highest BCUT2D eigenvalue weighted by Gasteiger charge is 2.29. The zero-order chi connectivity index (χ0) is 31.1. The highest BCUT2D eigenvalue weighted by molar-refractivity contribution is 5.79. The summed E-state index contributed by atoms with van der Waals surface area (Å²) < 4.78 is 33.5. The number of nitrogens with zero attached hydrogens (tertiary/aromatic N) is 5. The number of rotatable bonds is 6. The van der Waals surface area contributed by atoms with E-state index in [9.17, 15) is 19.1 Å². The van der Waals surface area contributed by atoms with E-state index < -0.39 is 30.1 Å². The Morgan fingerprint density at radius 2 is 1.93 bits per heavy atom. The fourth-order valence-corrected chi connectivity index (χ4v) is 5.45. The van der Waals surface area contributed by atoms with Gasteiger partial charge in [-0.25, -0.2) is 13.9 Å². The van der Waals surface area contributed by atoms with Gasteiger partial charge in [-0.15, -0.1) is 5.10 Å². The second-order valence-electron chi connectivity index (χ2n) is 11.8. The molecule has 2 aromatic rings. The van der Waals surface area contributed by atoms with Crippen molar-refractivity contribution in [2.75, 3.05) is 46.9 Å². The van der Waals surface area contributed by atoms with Crippen LogP contribution in [0.2, 0.25) is 0 Å². The summed E-state index contributed by atoms with van der Waals surface area (Å²) in [5.41, 5.74) is 1.95. The lowest BCUT2D eigenvalue weighted by Gasteiger charge is -2.33. The standard InChI is InChI=1S/C31H44FN5O6/c1-20-6-8-24(38)19-28(39)43-30(21(2)7-9-27(20)42-31(40)36-12-10-35(4)11-13-36)22(3)16-23-17-25(32)29-26(18-23)37(34-33-29)14-15-41-5/h7,9,16-18,20-21,24,27,30,38H,6,8,10-15,19H2,1-5H3/b9-7+,22-16+/t20-,21+,24+,27-,30+/m1/s1. The van der Waals surface area contributed by atoms with Crippen molar-refractivity contribution in [3.63, 3.8) is 0 Å². The number of carbonyl (C=O) groups excluding carboxylic acids is 2. The molecule has 11 nitrogen and oxygen atoms in total. The van der Waals surface area contributed by atoms with Crippen LogP contribution in [-0.2, 0) is 25.5 Å². The Kier molecular flexibility index (Phi) is 11.3. The first kappa shape index (κ1) is 32.6. The van der Waals surface area contributed by atoms with Gasteiger partial charge in [0.05, 0.1) is 31.2 Å². The van der Waals surface area contributed by atoms with E-state index >= 15 is 0 Å². The lowest BCUT2D eigenvalue weighted by Crippen LogP contribution is -2.48. The van der Waals surface area contributed by atoms with Crippen LogP contribution in [0, 0.1) is 17.7 Å². The Balaban J connectivity index is 1.59. The summed E-state index contributed by atoms with van der Waals surface area (Å²) in [6, 6.07) is 3.16. The fraction of sp³-hybridized carbons (Fsp3) is 0.613. The highest BCUT2D eigenvalue weighted by Crippen LogP contribution is 2.27. The Morgan fingerprint density at radius 1 is 1.19 bits per heavy atom. The Hall–Kier alpha value is -3.35. The molecule has 1 aromatic heterocycles. The third kappa shape index (κ3) is 8.61. The molecule has 12 heteroatoms. The summed E-state index contributed by atoms with van der Waals surface area (Å²) in [6.45, 7) is 9.31. The first-order valence-corrected chi connectivity index (χ1v) is 15.0. The largest absolute Gasteiger partial charge is 0.457 e. The van der Waals surface area contributed by atoms with Crippen LogP contribution in [0.4, 0.5) is 9.18 Å². The van der Waals surface area contributed by atoms with Crippen LogP contribution in [0.3, 0.4) is 0 Å². The number of aliphatic hydroxyl groups is 1. The van der Waals surface area contributed by atoms with Crippen LogP contribution in [0.5, 0.6) is 0 Å². The minimum Gasteiger partial charge on any atom is -0.457 e. The molecule has 4 rings (SSSR count). The van der Waals surface area contributed by atoms with E-state index in [2.05, 4.69) is 15.2 Å². The number of fused-ring (bicyclic) bond motifs is 1. The van der Waals surface area contributed by atoms with Crippen LogP contribution in [-0.4, -0.2) is 107 Å². The summed E-state index contributed by atoms with van der Waals surface area (Å²) in [7, 11) is 3.60. The van der Waals surface area contributed by atoms with Crippen molar-refractivity contribution >= 4 is 29.2 Å². The van der Waals surface area contributed by atoms with Crippen LogP contribution in [0.1, 0.15) is 45.6 Å². The van der Waals surface area contributed by atoms with Crippen molar-refractivity contribution in [2.45, 2.75) is 64.9 Å². The number of aromatic nitrogens is 3. The van der Waals surface area contributed by atoms with Gasteiger partial charge in [0, 0.05) is 39.2 Å². The van der Waals surface area contributed by atoms with Crippen molar-refractivity contribution in [3.05, 3.63) is 41.2 Å². The average molecular weight is 602 g/mol. The van der Waals surface area contributed by atoms with Gasteiger partial charge in [0.15, 0.2) is 5.82 Å². The van der Waals surface area contributed by atoms with E-state index in [0.717, 1.165) is 13.1 Å². The van der Waals surface area contributed by atoms with E-state index in [1.54, 1.807) is 28.8 Å². The molecule has 0 spiro atoms. The normalized spacial score (nSPS) is 27.3. The van der Waals surface area contributed by atoms with E-state index in [1.807, 2.05) is 40.0 Å². The Bertz CT molecular complexity index is 1320. The molecule has 1 saturated heterocycles. The van der Waals surface area contributed by atoms with Crippen molar-refractivity contribution in [1.82, 2.24) is 24.8 Å². The summed E-state index contributed by atoms with van der Waals surface area (Å²) >= 11 is 0. The van der Waals surface area contributed by atoms with Gasteiger partial charge in [0.25, 0.3) is 0 Å². The molecule has 1 N–H and O–H groups in total. The highest BCUT2D eigenvalue weighted by atomic mass is 19.1. The molecule has 2 aliphatic rings. The smallest absolute Gasteiger partial charge is 0.410 e. The number of ether oxygens (including phenoxy) is 3. The van der Waals surface area contributed by atoms with E-state index in [0.29, 0.717) is 55.7 Å². The number of benzene rings is 1. The van der Waals surface area contributed by atoms with Crippen molar-refractivity contribution in [3.8, 4) is 0 Å². The van der Waals surface area contributed by atoms with Crippen molar-refractivity contribution in [2.24, 2.45) is 11.8 Å². The zero-order valence-electron chi connectivity index (χ0n) is 25.7. The van der Waals surface area contributed by atoms with Gasteiger partial charge in [0.2, 0.25) is 0 Å². The minimum absolute atomic E-state index is 0.0775. The molecule has 0 aliphatic carbocycles. The summed E-state index contributed by atoms with van der Waals surface area (Å²) in [4.78, 5) is 29.8. The maximum Gasteiger partial charge on any atom is 0.410 e. The van der Waals surface area contributed by atoms with E-state index in [4.69, 9.17) is 14.2 Å². The minimum atomic E-state index is -0.885.